The van der Waals surface area contributed by atoms with E-state index >= 15 is 0 Å². The van der Waals surface area contributed by atoms with Crippen LogP contribution in [-0.4, -0.2) is 24.0 Å². The van der Waals surface area contributed by atoms with Crippen molar-refractivity contribution in [3.63, 3.8) is 0 Å². The van der Waals surface area contributed by atoms with E-state index in [-0.39, 0.29) is 5.91 Å². The summed E-state index contributed by atoms with van der Waals surface area (Å²) in [5.74, 6) is -0.695. The summed E-state index contributed by atoms with van der Waals surface area (Å²) in [5.41, 5.74) is 6.08. The van der Waals surface area contributed by atoms with E-state index in [2.05, 4.69) is 15.6 Å². The first kappa shape index (κ1) is 20.1. The Morgan fingerprint density at radius 1 is 0.931 bits per heavy atom. The standard InChI is InChI=1S/C23H23N3O3/c1-14-10-15(2)21(16(3)11-14)26-22(27)20-13-19(8-9-24-20)25-18-7-5-6-17(12-18)23(28)29-4/h5-13H,1-4H3,(H,24,25)(H,26,27). The van der Waals surface area contributed by atoms with Crippen LogP contribution in [0.3, 0.4) is 0 Å². The summed E-state index contributed by atoms with van der Waals surface area (Å²) >= 11 is 0. The first-order valence-electron chi connectivity index (χ1n) is 9.18. The molecule has 0 bridgehead atoms. The van der Waals surface area contributed by atoms with E-state index in [0.717, 1.165) is 22.4 Å². The average molecular weight is 389 g/mol. The zero-order valence-electron chi connectivity index (χ0n) is 16.9. The average Bonchev–Trinajstić information content (AvgIpc) is 2.70. The number of nitrogens with zero attached hydrogens (tertiary/aromatic N) is 1. The van der Waals surface area contributed by atoms with Gasteiger partial charge in [-0.2, -0.15) is 0 Å². The second-order valence-electron chi connectivity index (χ2n) is 6.85. The maximum Gasteiger partial charge on any atom is 0.337 e. The van der Waals surface area contributed by atoms with Crippen molar-refractivity contribution in [1.82, 2.24) is 4.98 Å². The van der Waals surface area contributed by atoms with Gasteiger partial charge in [0.2, 0.25) is 0 Å². The van der Waals surface area contributed by atoms with Crippen LogP contribution in [-0.2, 0) is 4.74 Å². The van der Waals surface area contributed by atoms with Crippen molar-refractivity contribution in [1.29, 1.82) is 0 Å². The topological polar surface area (TPSA) is 80.3 Å². The van der Waals surface area contributed by atoms with Crippen LogP contribution in [0.15, 0.2) is 54.7 Å². The van der Waals surface area contributed by atoms with Crippen LogP contribution in [0.1, 0.15) is 37.5 Å². The minimum Gasteiger partial charge on any atom is -0.465 e. The van der Waals surface area contributed by atoms with Gasteiger partial charge in [-0.25, -0.2) is 4.79 Å². The summed E-state index contributed by atoms with van der Waals surface area (Å²) in [6, 6.07) is 14.4. The SMILES string of the molecule is COC(=O)c1cccc(Nc2ccnc(C(=O)Nc3c(C)cc(C)cc3C)c2)c1. The molecule has 1 aromatic heterocycles. The molecule has 0 aliphatic heterocycles. The molecular weight excluding hydrogens is 366 g/mol. The molecule has 6 heteroatoms. The Labute approximate surface area is 169 Å². The van der Waals surface area contributed by atoms with Gasteiger partial charge in [0.05, 0.1) is 12.7 Å². The predicted octanol–water partition coefficient (Wildman–Crippen LogP) is 4.79. The number of ether oxygens (including phenoxy) is 1. The molecule has 1 heterocycles. The number of anilines is 3. The fourth-order valence-corrected chi connectivity index (χ4v) is 3.20. The lowest BCUT2D eigenvalue weighted by atomic mass is 10.0. The highest BCUT2D eigenvalue weighted by molar-refractivity contribution is 6.04. The van der Waals surface area contributed by atoms with E-state index in [1.54, 1.807) is 36.5 Å². The lowest BCUT2D eigenvalue weighted by molar-refractivity contribution is 0.0600. The molecule has 0 fully saturated rings. The molecule has 0 unspecified atom stereocenters. The number of aromatic nitrogens is 1. The van der Waals surface area contributed by atoms with E-state index in [0.29, 0.717) is 22.6 Å². The number of hydrogen-bond donors (Lipinski definition) is 2. The summed E-state index contributed by atoms with van der Waals surface area (Å²) in [7, 11) is 1.34. The Kier molecular flexibility index (Phi) is 5.93. The van der Waals surface area contributed by atoms with Crippen LogP contribution in [0, 0.1) is 20.8 Å². The largest absolute Gasteiger partial charge is 0.465 e. The first-order valence-corrected chi connectivity index (χ1v) is 9.18. The molecule has 0 aliphatic rings. The number of benzene rings is 2. The highest BCUT2D eigenvalue weighted by atomic mass is 16.5. The molecule has 2 aromatic carbocycles. The van der Waals surface area contributed by atoms with Gasteiger partial charge in [0.15, 0.2) is 0 Å². The summed E-state index contributed by atoms with van der Waals surface area (Å²) in [6.07, 6.45) is 1.57. The summed E-state index contributed by atoms with van der Waals surface area (Å²) in [6.45, 7) is 5.96. The molecule has 2 N–H and O–H groups in total. The van der Waals surface area contributed by atoms with Gasteiger partial charge >= 0.3 is 5.97 Å². The molecule has 3 rings (SSSR count). The molecule has 0 spiro atoms. The Morgan fingerprint density at radius 2 is 1.62 bits per heavy atom. The number of nitrogens with one attached hydrogen (secondary N) is 2. The number of esters is 1. The number of pyridine rings is 1. The van der Waals surface area contributed by atoms with E-state index in [1.807, 2.05) is 39.0 Å². The molecule has 3 aromatic rings. The normalized spacial score (nSPS) is 10.3. The van der Waals surface area contributed by atoms with Gasteiger partial charge in [0.25, 0.3) is 5.91 Å². The Hall–Kier alpha value is -3.67. The number of hydrogen-bond acceptors (Lipinski definition) is 5. The lowest BCUT2D eigenvalue weighted by Crippen LogP contribution is -2.15. The summed E-state index contributed by atoms with van der Waals surface area (Å²) in [5, 5.41) is 6.14. The number of rotatable bonds is 5. The number of carbonyl (C=O) groups is 2. The van der Waals surface area contributed by atoms with Crippen molar-refractivity contribution in [2.75, 3.05) is 17.7 Å². The molecule has 1 amide bonds. The van der Waals surface area contributed by atoms with Gasteiger partial charge < -0.3 is 15.4 Å². The van der Waals surface area contributed by atoms with Gasteiger partial charge in [0.1, 0.15) is 5.69 Å². The second-order valence-corrected chi connectivity index (χ2v) is 6.85. The molecule has 148 valence electrons. The number of methoxy groups -OCH3 is 1. The minimum absolute atomic E-state index is 0.285. The first-order chi connectivity index (χ1) is 13.9. The highest BCUT2D eigenvalue weighted by Crippen LogP contribution is 2.23. The smallest absolute Gasteiger partial charge is 0.337 e. The molecule has 0 saturated carbocycles. The van der Waals surface area contributed by atoms with E-state index in [9.17, 15) is 9.59 Å². The van der Waals surface area contributed by atoms with Crippen molar-refractivity contribution in [3.05, 3.63) is 82.7 Å². The minimum atomic E-state index is -0.410. The van der Waals surface area contributed by atoms with Crippen molar-refractivity contribution in [3.8, 4) is 0 Å². The fourth-order valence-electron chi connectivity index (χ4n) is 3.20. The van der Waals surface area contributed by atoms with Crippen molar-refractivity contribution in [2.24, 2.45) is 0 Å². The zero-order chi connectivity index (χ0) is 21.0. The third kappa shape index (κ3) is 4.79. The van der Waals surface area contributed by atoms with Gasteiger partial charge in [-0.15, -0.1) is 0 Å². The molecule has 29 heavy (non-hydrogen) atoms. The molecular formula is C23H23N3O3. The van der Waals surface area contributed by atoms with Crippen LogP contribution >= 0.6 is 0 Å². The monoisotopic (exact) mass is 389 g/mol. The van der Waals surface area contributed by atoms with Gasteiger partial charge in [0, 0.05) is 23.3 Å². The number of amides is 1. The van der Waals surface area contributed by atoms with Crippen LogP contribution < -0.4 is 10.6 Å². The van der Waals surface area contributed by atoms with E-state index in [4.69, 9.17) is 4.74 Å². The summed E-state index contributed by atoms with van der Waals surface area (Å²) < 4.78 is 4.75. The second kappa shape index (κ2) is 8.56. The summed E-state index contributed by atoms with van der Waals surface area (Å²) in [4.78, 5) is 28.6. The van der Waals surface area contributed by atoms with Crippen molar-refractivity contribution in [2.45, 2.75) is 20.8 Å². The van der Waals surface area contributed by atoms with Gasteiger partial charge in [-0.3, -0.25) is 9.78 Å². The van der Waals surface area contributed by atoms with E-state index < -0.39 is 5.97 Å². The Bertz CT molecular complexity index is 1050. The third-order valence-corrected chi connectivity index (χ3v) is 4.48. The molecule has 0 atom stereocenters. The maximum absolute atomic E-state index is 12.7. The molecule has 0 aliphatic carbocycles. The Balaban J connectivity index is 1.79. The van der Waals surface area contributed by atoms with E-state index in [1.165, 1.54) is 7.11 Å². The lowest BCUT2D eigenvalue weighted by Gasteiger charge is -2.13. The van der Waals surface area contributed by atoms with Crippen molar-refractivity contribution >= 4 is 28.9 Å². The van der Waals surface area contributed by atoms with Crippen LogP contribution in [0.4, 0.5) is 17.1 Å². The third-order valence-electron chi connectivity index (χ3n) is 4.48. The van der Waals surface area contributed by atoms with Crippen molar-refractivity contribution < 1.29 is 14.3 Å². The molecule has 6 nitrogen and oxygen atoms in total. The predicted molar refractivity (Wildman–Crippen MR) is 114 cm³/mol. The molecule has 0 radical (unpaired) electrons. The Morgan fingerprint density at radius 3 is 2.31 bits per heavy atom. The molecule has 0 saturated heterocycles. The highest BCUT2D eigenvalue weighted by Gasteiger charge is 2.13. The van der Waals surface area contributed by atoms with Crippen LogP contribution in [0.5, 0.6) is 0 Å². The van der Waals surface area contributed by atoms with Gasteiger partial charge in [-0.05, 0) is 62.2 Å². The fraction of sp³-hybridized carbons (Fsp3) is 0.174. The number of carbonyl (C=O) groups excluding carboxylic acids is 2. The quantitative estimate of drug-likeness (QED) is 0.613. The zero-order valence-corrected chi connectivity index (χ0v) is 16.9. The van der Waals surface area contributed by atoms with Gasteiger partial charge in [-0.1, -0.05) is 23.8 Å². The van der Waals surface area contributed by atoms with Crippen LogP contribution in [0.2, 0.25) is 0 Å². The van der Waals surface area contributed by atoms with Crippen LogP contribution in [0.25, 0.3) is 0 Å². The number of aryl methyl sites for hydroxylation is 3. The maximum atomic E-state index is 12.7.